The van der Waals surface area contributed by atoms with Crippen LogP contribution in [0.15, 0.2) is 6.07 Å². The lowest BCUT2D eigenvalue weighted by molar-refractivity contribution is -0.128. The normalized spacial score (nSPS) is 15.4. The zero-order chi connectivity index (χ0) is 19.8. The van der Waals surface area contributed by atoms with Gasteiger partial charge in [0.15, 0.2) is 0 Å². The molecular formula is C19H27N3O4S. The van der Waals surface area contributed by atoms with Gasteiger partial charge in [0.1, 0.15) is 5.75 Å². The number of benzene rings is 1. The van der Waals surface area contributed by atoms with Crippen LogP contribution in [0.2, 0.25) is 0 Å². The Kier molecular flexibility index (Phi) is 5.46. The lowest BCUT2D eigenvalue weighted by atomic mass is 9.99. The van der Waals surface area contributed by atoms with Gasteiger partial charge in [-0.25, -0.2) is 17.9 Å². The molecule has 27 heavy (non-hydrogen) atoms. The van der Waals surface area contributed by atoms with Crippen LogP contribution < -0.4 is 10.0 Å². The van der Waals surface area contributed by atoms with Gasteiger partial charge in [-0.1, -0.05) is 6.07 Å². The smallest absolute Gasteiger partial charge is 0.332 e. The Morgan fingerprint density at radius 1 is 1.07 bits per heavy atom. The highest BCUT2D eigenvalue weighted by molar-refractivity contribution is 7.90. The van der Waals surface area contributed by atoms with Gasteiger partial charge in [0.25, 0.3) is 0 Å². The van der Waals surface area contributed by atoms with E-state index in [9.17, 15) is 18.0 Å². The van der Waals surface area contributed by atoms with Crippen molar-refractivity contribution in [2.24, 2.45) is 0 Å². The number of hydrogen-bond acceptors (Lipinski definition) is 4. The fourth-order valence-corrected chi connectivity index (χ4v) is 4.77. The van der Waals surface area contributed by atoms with E-state index in [-0.39, 0.29) is 6.04 Å². The summed E-state index contributed by atoms with van der Waals surface area (Å²) in [5.41, 5.74) is 5.53. The van der Waals surface area contributed by atoms with Gasteiger partial charge in [0, 0.05) is 18.8 Å². The quantitative estimate of drug-likeness (QED) is 0.800. The summed E-state index contributed by atoms with van der Waals surface area (Å²) in [6, 6.07) is 1.32. The third-order valence-electron chi connectivity index (χ3n) is 5.44. The number of aryl methyl sites for hydroxylation is 2. The summed E-state index contributed by atoms with van der Waals surface area (Å²) in [5.74, 6) is -1.30. The summed E-state index contributed by atoms with van der Waals surface area (Å²) >= 11 is 0. The van der Waals surface area contributed by atoms with Crippen LogP contribution in [-0.2, 0) is 40.5 Å². The summed E-state index contributed by atoms with van der Waals surface area (Å²) in [5, 5.41) is 2.77. The third-order valence-corrected chi connectivity index (χ3v) is 6.56. The number of amides is 3. The van der Waals surface area contributed by atoms with Crippen LogP contribution in [0.1, 0.15) is 48.9 Å². The molecule has 1 aromatic rings. The highest BCUT2D eigenvalue weighted by Gasteiger charge is 2.27. The number of carbonyl (C=O) groups excluding carboxylic acids is 2. The van der Waals surface area contributed by atoms with Crippen LogP contribution in [0.4, 0.5) is 10.5 Å². The molecular weight excluding hydrogens is 366 g/mol. The van der Waals surface area contributed by atoms with Crippen LogP contribution in [0.5, 0.6) is 0 Å². The van der Waals surface area contributed by atoms with E-state index in [1.54, 1.807) is 20.9 Å². The van der Waals surface area contributed by atoms with Gasteiger partial charge in [-0.05, 0) is 74.6 Å². The molecule has 0 atom stereocenters. The molecule has 0 heterocycles. The lowest BCUT2D eigenvalue weighted by Crippen LogP contribution is -2.43. The molecule has 1 aromatic carbocycles. The molecule has 0 spiro atoms. The summed E-state index contributed by atoms with van der Waals surface area (Å²) in [6.07, 6.45) is 5.86. The van der Waals surface area contributed by atoms with Gasteiger partial charge in [-0.15, -0.1) is 0 Å². The van der Waals surface area contributed by atoms with Gasteiger partial charge in [-0.2, -0.15) is 0 Å². The lowest BCUT2D eigenvalue weighted by Gasteiger charge is -2.21. The second-order valence-electron chi connectivity index (χ2n) is 7.65. The maximum atomic E-state index is 12.4. The molecule has 7 nitrogen and oxygen atoms in total. The highest BCUT2D eigenvalue weighted by atomic mass is 32.2. The number of nitrogens with zero attached hydrogens (tertiary/aromatic N) is 1. The molecule has 0 radical (unpaired) electrons. The fourth-order valence-electron chi connectivity index (χ4n) is 3.84. The molecule has 0 unspecified atom stereocenters. The first-order chi connectivity index (χ1) is 12.7. The third kappa shape index (κ3) is 4.26. The van der Waals surface area contributed by atoms with Crippen molar-refractivity contribution in [2.75, 3.05) is 18.1 Å². The van der Waals surface area contributed by atoms with Crippen molar-refractivity contribution >= 4 is 27.6 Å². The molecule has 2 aliphatic carbocycles. The number of carbonyl (C=O) groups is 2. The molecule has 0 saturated heterocycles. The van der Waals surface area contributed by atoms with Crippen molar-refractivity contribution in [3.8, 4) is 0 Å². The van der Waals surface area contributed by atoms with E-state index in [0.717, 1.165) is 55.3 Å². The van der Waals surface area contributed by atoms with Crippen molar-refractivity contribution in [1.82, 2.24) is 9.62 Å². The van der Waals surface area contributed by atoms with Crippen LogP contribution in [0, 0.1) is 0 Å². The SMILES string of the molecule is CC(C)N(C)C(=O)CS(=O)(=O)NC(=O)Nc1c2c(cc3c1CCC3)CCC2. The molecule has 3 amide bonds. The Bertz CT molecular complexity index is 845. The average molecular weight is 394 g/mol. The van der Waals surface area contributed by atoms with E-state index in [2.05, 4.69) is 11.4 Å². The second-order valence-corrected chi connectivity index (χ2v) is 9.37. The van der Waals surface area contributed by atoms with E-state index in [1.165, 1.54) is 16.0 Å². The maximum Gasteiger partial charge on any atom is 0.332 e. The van der Waals surface area contributed by atoms with E-state index >= 15 is 0 Å². The summed E-state index contributed by atoms with van der Waals surface area (Å²) in [6.45, 7) is 3.59. The van der Waals surface area contributed by atoms with Crippen molar-refractivity contribution < 1.29 is 18.0 Å². The second kappa shape index (κ2) is 7.50. The van der Waals surface area contributed by atoms with Gasteiger partial charge < -0.3 is 10.2 Å². The molecule has 3 rings (SSSR count). The molecule has 148 valence electrons. The molecule has 2 N–H and O–H groups in total. The maximum absolute atomic E-state index is 12.4. The number of hydrogen-bond donors (Lipinski definition) is 2. The molecule has 0 aliphatic heterocycles. The monoisotopic (exact) mass is 393 g/mol. The fraction of sp³-hybridized carbons (Fsp3) is 0.579. The molecule has 0 fully saturated rings. The predicted octanol–water partition coefficient (Wildman–Crippen LogP) is 1.98. The Hall–Kier alpha value is -2.09. The number of sulfonamides is 1. The van der Waals surface area contributed by atoms with Crippen molar-refractivity contribution in [1.29, 1.82) is 0 Å². The predicted molar refractivity (Wildman–Crippen MR) is 104 cm³/mol. The Labute approximate surface area is 160 Å². The first-order valence-corrected chi connectivity index (χ1v) is 11.1. The number of urea groups is 1. The first kappa shape index (κ1) is 19.7. The van der Waals surface area contributed by atoms with E-state index in [4.69, 9.17) is 0 Å². The number of fused-ring (bicyclic) bond motifs is 2. The number of nitrogens with one attached hydrogen (secondary N) is 2. The van der Waals surface area contributed by atoms with Crippen molar-refractivity contribution in [3.63, 3.8) is 0 Å². The van der Waals surface area contributed by atoms with E-state index in [1.807, 2.05) is 4.72 Å². The molecule has 0 saturated carbocycles. The molecule has 2 aliphatic rings. The Balaban J connectivity index is 1.73. The zero-order valence-electron chi connectivity index (χ0n) is 16.1. The highest BCUT2D eigenvalue weighted by Crippen LogP contribution is 2.38. The number of anilines is 1. The van der Waals surface area contributed by atoms with Crippen LogP contribution in [-0.4, -0.2) is 44.1 Å². The molecule has 0 aromatic heterocycles. The van der Waals surface area contributed by atoms with Crippen molar-refractivity contribution in [2.45, 2.75) is 58.4 Å². The first-order valence-electron chi connectivity index (χ1n) is 9.41. The summed E-state index contributed by atoms with van der Waals surface area (Å²) in [7, 11) is -2.52. The van der Waals surface area contributed by atoms with E-state index in [0.29, 0.717) is 0 Å². The minimum Gasteiger partial charge on any atom is -0.342 e. The topological polar surface area (TPSA) is 95.6 Å². The average Bonchev–Trinajstić information content (AvgIpc) is 3.21. The summed E-state index contributed by atoms with van der Waals surface area (Å²) in [4.78, 5) is 25.7. The Morgan fingerprint density at radius 3 is 2.15 bits per heavy atom. The largest absolute Gasteiger partial charge is 0.342 e. The molecule has 0 bridgehead atoms. The molecule has 8 heteroatoms. The summed E-state index contributed by atoms with van der Waals surface area (Å²) < 4.78 is 26.4. The Morgan fingerprint density at radius 2 is 1.63 bits per heavy atom. The van der Waals surface area contributed by atoms with Gasteiger partial charge in [0.05, 0.1) is 0 Å². The van der Waals surface area contributed by atoms with Crippen LogP contribution >= 0.6 is 0 Å². The van der Waals surface area contributed by atoms with Gasteiger partial charge in [0.2, 0.25) is 15.9 Å². The minimum atomic E-state index is -4.06. The minimum absolute atomic E-state index is 0.115. The van der Waals surface area contributed by atoms with Crippen molar-refractivity contribution in [3.05, 3.63) is 28.3 Å². The standard InChI is InChI=1S/C19H27N3O4S/c1-12(2)22(3)17(23)11-27(25,26)21-19(24)20-18-15-8-4-6-13(15)10-14-7-5-9-16(14)18/h10,12H,4-9,11H2,1-3H3,(H2,20,21,24). The number of rotatable bonds is 5. The zero-order valence-corrected chi connectivity index (χ0v) is 16.9. The van der Waals surface area contributed by atoms with E-state index < -0.39 is 27.7 Å². The van der Waals surface area contributed by atoms with Crippen LogP contribution in [0.25, 0.3) is 0 Å². The van der Waals surface area contributed by atoms with Gasteiger partial charge in [-0.3, -0.25) is 4.79 Å². The van der Waals surface area contributed by atoms with Gasteiger partial charge >= 0.3 is 6.03 Å². The van der Waals surface area contributed by atoms with Crippen LogP contribution in [0.3, 0.4) is 0 Å².